The molecule has 2 aromatic rings. The summed E-state index contributed by atoms with van der Waals surface area (Å²) in [6.45, 7) is 1.79. The summed E-state index contributed by atoms with van der Waals surface area (Å²) in [6.07, 6.45) is 0. The van der Waals surface area contributed by atoms with Crippen LogP contribution in [-0.2, 0) is 6.54 Å². The first kappa shape index (κ1) is 14.9. The van der Waals surface area contributed by atoms with Gasteiger partial charge in [-0.1, -0.05) is 0 Å². The first-order valence-corrected chi connectivity index (χ1v) is 6.09. The van der Waals surface area contributed by atoms with Crippen molar-refractivity contribution in [1.82, 2.24) is 0 Å². The van der Waals surface area contributed by atoms with Crippen LogP contribution in [0.1, 0.15) is 21.5 Å². The molecule has 0 aromatic heterocycles. The average molecular weight is 295 g/mol. The molecule has 0 atom stereocenters. The first-order valence-electron chi connectivity index (χ1n) is 6.09. The lowest BCUT2D eigenvalue weighted by atomic mass is 10.1. The molecule has 0 unspecified atom stereocenters. The number of carboxylic acids is 1. The van der Waals surface area contributed by atoms with Gasteiger partial charge in [0.25, 0.3) is 0 Å². The zero-order chi connectivity index (χ0) is 15.6. The maximum absolute atomic E-state index is 13.1. The zero-order valence-corrected chi connectivity index (χ0v) is 11.1. The molecular weight excluding hydrogens is 283 g/mol. The minimum atomic E-state index is -1.50. The van der Waals surface area contributed by atoms with E-state index in [0.29, 0.717) is 11.3 Å². The molecule has 0 aliphatic heterocycles. The Labute approximate surface area is 119 Å². The van der Waals surface area contributed by atoms with E-state index in [1.165, 1.54) is 12.1 Å². The minimum Gasteiger partial charge on any atom is -0.478 e. The molecule has 3 nitrogen and oxygen atoms in total. The van der Waals surface area contributed by atoms with Crippen LogP contribution in [0.4, 0.5) is 18.9 Å². The number of aryl methyl sites for hydroxylation is 1. The van der Waals surface area contributed by atoms with Gasteiger partial charge in [-0.05, 0) is 48.4 Å². The Kier molecular flexibility index (Phi) is 4.16. The molecule has 0 fully saturated rings. The van der Waals surface area contributed by atoms with Crippen LogP contribution in [0.15, 0.2) is 30.3 Å². The standard InChI is InChI=1S/C15H12F3NO2/c1-8-4-10(15(20)21)2-3-13(8)19-7-9-5-11(16)14(18)12(17)6-9/h2-6,19H,7H2,1H3,(H,20,21). The lowest BCUT2D eigenvalue weighted by Crippen LogP contribution is -2.04. The van der Waals surface area contributed by atoms with Gasteiger partial charge in [0.15, 0.2) is 17.5 Å². The van der Waals surface area contributed by atoms with Crippen LogP contribution in [0.5, 0.6) is 0 Å². The number of aromatic carboxylic acids is 1. The number of anilines is 1. The van der Waals surface area contributed by atoms with Crippen LogP contribution in [0.2, 0.25) is 0 Å². The van der Waals surface area contributed by atoms with Gasteiger partial charge in [0.05, 0.1) is 5.56 Å². The molecule has 0 aliphatic rings. The number of nitrogens with one attached hydrogen (secondary N) is 1. The van der Waals surface area contributed by atoms with Crippen molar-refractivity contribution in [1.29, 1.82) is 0 Å². The number of carboxylic acid groups (broad SMARTS) is 1. The summed E-state index contributed by atoms with van der Waals surface area (Å²) in [5.41, 5.74) is 1.70. The Morgan fingerprint density at radius 3 is 2.29 bits per heavy atom. The Bertz CT molecular complexity index is 678. The van der Waals surface area contributed by atoms with Gasteiger partial charge in [-0.3, -0.25) is 0 Å². The summed E-state index contributed by atoms with van der Waals surface area (Å²) in [5.74, 6) is -5.03. The average Bonchev–Trinajstić information content (AvgIpc) is 2.43. The van der Waals surface area contributed by atoms with Crippen LogP contribution < -0.4 is 5.32 Å². The maximum Gasteiger partial charge on any atom is 0.335 e. The van der Waals surface area contributed by atoms with Crippen molar-refractivity contribution in [2.75, 3.05) is 5.32 Å². The third-order valence-electron chi connectivity index (χ3n) is 3.00. The Morgan fingerprint density at radius 2 is 1.76 bits per heavy atom. The Morgan fingerprint density at radius 1 is 1.14 bits per heavy atom. The monoisotopic (exact) mass is 295 g/mol. The molecule has 2 aromatic carbocycles. The smallest absolute Gasteiger partial charge is 0.335 e. The molecule has 6 heteroatoms. The number of benzene rings is 2. The molecule has 0 radical (unpaired) electrons. The van der Waals surface area contributed by atoms with Crippen molar-refractivity contribution in [3.05, 3.63) is 64.5 Å². The predicted octanol–water partition coefficient (Wildman–Crippen LogP) is 3.72. The lowest BCUT2D eigenvalue weighted by molar-refractivity contribution is 0.0697. The van der Waals surface area contributed by atoms with Crippen LogP contribution in [0.25, 0.3) is 0 Å². The Hall–Kier alpha value is -2.50. The summed E-state index contributed by atoms with van der Waals surface area (Å²) >= 11 is 0. The zero-order valence-electron chi connectivity index (χ0n) is 11.1. The van der Waals surface area contributed by atoms with Gasteiger partial charge < -0.3 is 10.4 Å². The van der Waals surface area contributed by atoms with Crippen molar-refractivity contribution in [2.45, 2.75) is 13.5 Å². The second-order valence-electron chi connectivity index (χ2n) is 4.56. The van der Waals surface area contributed by atoms with Crippen LogP contribution >= 0.6 is 0 Å². The quantitative estimate of drug-likeness (QED) is 0.845. The predicted molar refractivity (Wildman–Crippen MR) is 71.8 cm³/mol. The van der Waals surface area contributed by atoms with E-state index < -0.39 is 23.4 Å². The SMILES string of the molecule is Cc1cc(C(=O)O)ccc1NCc1cc(F)c(F)c(F)c1. The van der Waals surface area contributed by atoms with E-state index in [1.54, 1.807) is 13.0 Å². The first-order chi connectivity index (χ1) is 9.88. The van der Waals surface area contributed by atoms with E-state index in [1.807, 2.05) is 0 Å². The summed E-state index contributed by atoms with van der Waals surface area (Å²) < 4.78 is 39.0. The normalized spacial score (nSPS) is 10.5. The van der Waals surface area contributed by atoms with Gasteiger partial charge in [-0.25, -0.2) is 18.0 Å². The molecule has 0 bridgehead atoms. The second kappa shape index (κ2) is 5.87. The van der Waals surface area contributed by atoms with Crippen molar-refractivity contribution in [3.63, 3.8) is 0 Å². The van der Waals surface area contributed by atoms with E-state index in [2.05, 4.69) is 5.32 Å². The van der Waals surface area contributed by atoms with Gasteiger partial charge >= 0.3 is 5.97 Å². The van der Waals surface area contributed by atoms with Gasteiger partial charge in [0.2, 0.25) is 0 Å². The van der Waals surface area contributed by atoms with Gasteiger partial charge in [0, 0.05) is 12.2 Å². The van der Waals surface area contributed by atoms with Crippen molar-refractivity contribution in [3.8, 4) is 0 Å². The fourth-order valence-electron chi connectivity index (χ4n) is 1.90. The highest BCUT2D eigenvalue weighted by molar-refractivity contribution is 5.88. The van der Waals surface area contributed by atoms with E-state index in [4.69, 9.17) is 5.11 Å². The number of carbonyl (C=O) groups is 1. The van der Waals surface area contributed by atoms with E-state index in [9.17, 15) is 18.0 Å². The van der Waals surface area contributed by atoms with Crippen molar-refractivity contribution in [2.24, 2.45) is 0 Å². The highest BCUT2D eigenvalue weighted by atomic mass is 19.2. The summed E-state index contributed by atoms with van der Waals surface area (Å²) in [6, 6.07) is 6.29. The van der Waals surface area contributed by atoms with Gasteiger partial charge in [-0.15, -0.1) is 0 Å². The van der Waals surface area contributed by atoms with Crippen molar-refractivity contribution < 1.29 is 23.1 Å². The molecule has 0 spiro atoms. The van der Waals surface area contributed by atoms with E-state index in [-0.39, 0.29) is 17.7 Å². The number of rotatable bonds is 4. The van der Waals surface area contributed by atoms with E-state index in [0.717, 1.165) is 12.1 Å². The topological polar surface area (TPSA) is 49.3 Å². The lowest BCUT2D eigenvalue weighted by Gasteiger charge is -2.11. The highest BCUT2D eigenvalue weighted by Gasteiger charge is 2.11. The Balaban J connectivity index is 2.15. The maximum atomic E-state index is 13.1. The van der Waals surface area contributed by atoms with E-state index >= 15 is 0 Å². The summed E-state index contributed by atoms with van der Waals surface area (Å²) in [5, 5.41) is 11.8. The largest absolute Gasteiger partial charge is 0.478 e. The fraction of sp³-hybridized carbons (Fsp3) is 0.133. The molecular formula is C15H12F3NO2. The number of hydrogen-bond acceptors (Lipinski definition) is 2. The summed E-state index contributed by atoms with van der Waals surface area (Å²) in [4.78, 5) is 10.8. The molecule has 0 saturated heterocycles. The highest BCUT2D eigenvalue weighted by Crippen LogP contribution is 2.19. The number of halogens is 3. The second-order valence-corrected chi connectivity index (χ2v) is 4.56. The minimum absolute atomic E-state index is 0.0847. The third kappa shape index (κ3) is 3.34. The van der Waals surface area contributed by atoms with Crippen LogP contribution in [0.3, 0.4) is 0 Å². The number of hydrogen-bond donors (Lipinski definition) is 2. The molecule has 2 rings (SSSR count). The molecule has 110 valence electrons. The molecule has 0 amide bonds. The fourth-order valence-corrected chi connectivity index (χ4v) is 1.90. The van der Waals surface area contributed by atoms with Crippen LogP contribution in [0, 0.1) is 24.4 Å². The molecule has 2 N–H and O–H groups in total. The van der Waals surface area contributed by atoms with Gasteiger partial charge in [0.1, 0.15) is 0 Å². The molecule has 21 heavy (non-hydrogen) atoms. The van der Waals surface area contributed by atoms with Gasteiger partial charge in [-0.2, -0.15) is 0 Å². The van der Waals surface area contributed by atoms with Crippen LogP contribution in [-0.4, -0.2) is 11.1 Å². The third-order valence-corrected chi connectivity index (χ3v) is 3.00. The molecule has 0 heterocycles. The van der Waals surface area contributed by atoms with Crippen molar-refractivity contribution >= 4 is 11.7 Å². The molecule has 0 saturated carbocycles. The molecule has 0 aliphatic carbocycles. The summed E-state index contributed by atoms with van der Waals surface area (Å²) in [7, 11) is 0.